The standard InChI is InChI=1S/C21H31N3OS/c1-21(2,3)17-12-10-16(11-13-17)19-22-23-20(26-15-7-14-25-4)24(19)18-8-5-6-9-18/h10-13,18H,5-9,14-15H2,1-4H3. The smallest absolute Gasteiger partial charge is 0.191 e. The Morgan fingerprint density at radius 1 is 1.12 bits per heavy atom. The van der Waals surface area contributed by atoms with E-state index in [4.69, 9.17) is 4.74 Å². The number of thioether (sulfide) groups is 1. The van der Waals surface area contributed by atoms with E-state index >= 15 is 0 Å². The number of nitrogens with zero attached hydrogens (tertiary/aromatic N) is 3. The van der Waals surface area contributed by atoms with Crippen LogP contribution in [0.1, 0.15) is 64.5 Å². The summed E-state index contributed by atoms with van der Waals surface area (Å²) in [6.45, 7) is 7.54. The Labute approximate surface area is 161 Å². The van der Waals surface area contributed by atoms with Crippen LogP contribution in [0.4, 0.5) is 0 Å². The molecule has 2 aromatic rings. The van der Waals surface area contributed by atoms with Crippen LogP contribution in [0.15, 0.2) is 29.4 Å². The fourth-order valence-corrected chi connectivity index (χ4v) is 4.47. The zero-order valence-corrected chi connectivity index (χ0v) is 17.3. The highest BCUT2D eigenvalue weighted by Gasteiger charge is 2.25. The normalized spacial score (nSPS) is 15.7. The predicted molar refractivity (Wildman–Crippen MR) is 109 cm³/mol. The molecule has 0 unspecified atom stereocenters. The molecule has 1 heterocycles. The van der Waals surface area contributed by atoms with E-state index in [9.17, 15) is 0 Å². The molecule has 26 heavy (non-hydrogen) atoms. The molecule has 4 nitrogen and oxygen atoms in total. The van der Waals surface area contributed by atoms with E-state index in [0.717, 1.165) is 29.8 Å². The second kappa shape index (κ2) is 8.57. The minimum absolute atomic E-state index is 0.167. The van der Waals surface area contributed by atoms with Gasteiger partial charge in [0.1, 0.15) is 0 Å². The molecule has 0 radical (unpaired) electrons. The van der Waals surface area contributed by atoms with Gasteiger partial charge in [-0.2, -0.15) is 0 Å². The van der Waals surface area contributed by atoms with Crippen molar-refractivity contribution in [2.24, 2.45) is 0 Å². The molecule has 0 amide bonds. The minimum atomic E-state index is 0.167. The lowest BCUT2D eigenvalue weighted by Crippen LogP contribution is -2.11. The lowest BCUT2D eigenvalue weighted by atomic mass is 9.86. The summed E-state index contributed by atoms with van der Waals surface area (Å²) < 4.78 is 7.57. The Balaban J connectivity index is 1.87. The van der Waals surface area contributed by atoms with Crippen LogP contribution in [-0.4, -0.2) is 34.2 Å². The van der Waals surface area contributed by atoms with Crippen LogP contribution >= 0.6 is 11.8 Å². The average Bonchev–Trinajstić information content (AvgIpc) is 3.27. The molecule has 1 aliphatic rings. The van der Waals surface area contributed by atoms with Gasteiger partial charge in [0.25, 0.3) is 0 Å². The first-order chi connectivity index (χ1) is 12.5. The maximum absolute atomic E-state index is 5.17. The molecular weight excluding hydrogens is 342 g/mol. The molecular formula is C21H31N3OS. The van der Waals surface area contributed by atoms with Crippen LogP contribution in [0, 0.1) is 0 Å². The largest absolute Gasteiger partial charge is 0.385 e. The fourth-order valence-electron chi connectivity index (χ4n) is 3.55. The van der Waals surface area contributed by atoms with Gasteiger partial charge < -0.3 is 4.74 Å². The van der Waals surface area contributed by atoms with Gasteiger partial charge in [0, 0.05) is 31.1 Å². The van der Waals surface area contributed by atoms with Gasteiger partial charge in [0.2, 0.25) is 0 Å². The van der Waals surface area contributed by atoms with Crippen molar-refractivity contribution in [3.63, 3.8) is 0 Å². The molecule has 1 aromatic carbocycles. The van der Waals surface area contributed by atoms with Gasteiger partial charge in [0.05, 0.1) is 0 Å². The summed E-state index contributed by atoms with van der Waals surface area (Å²) in [5.41, 5.74) is 2.68. The highest BCUT2D eigenvalue weighted by Crippen LogP contribution is 2.37. The molecule has 0 atom stereocenters. The van der Waals surface area contributed by atoms with E-state index in [1.54, 1.807) is 18.9 Å². The fraction of sp³-hybridized carbons (Fsp3) is 0.619. The SMILES string of the molecule is COCCCSc1nnc(-c2ccc(C(C)(C)C)cc2)n1C1CCCC1. The number of hydrogen-bond acceptors (Lipinski definition) is 4. The second-order valence-corrected chi connectivity index (χ2v) is 9.20. The monoisotopic (exact) mass is 373 g/mol. The van der Waals surface area contributed by atoms with Crippen molar-refractivity contribution in [2.75, 3.05) is 19.5 Å². The van der Waals surface area contributed by atoms with Gasteiger partial charge in [-0.05, 0) is 30.2 Å². The molecule has 142 valence electrons. The Kier molecular flexibility index (Phi) is 6.41. The summed E-state index contributed by atoms with van der Waals surface area (Å²) in [6, 6.07) is 9.40. The second-order valence-electron chi connectivity index (χ2n) is 8.14. The number of methoxy groups -OCH3 is 1. The summed E-state index contributed by atoms with van der Waals surface area (Å²) >= 11 is 1.81. The van der Waals surface area contributed by atoms with Crippen molar-refractivity contribution in [1.82, 2.24) is 14.8 Å². The van der Waals surface area contributed by atoms with Crippen molar-refractivity contribution in [3.05, 3.63) is 29.8 Å². The maximum atomic E-state index is 5.17. The van der Waals surface area contributed by atoms with E-state index in [0.29, 0.717) is 6.04 Å². The van der Waals surface area contributed by atoms with E-state index in [1.807, 2.05) is 0 Å². The van der Waals surface area contributed by atoms with Gasteiger partial charge >= 0.3 is 0 Å². The third kappa shape index (κ3) is 4.49. The third-order valence-corrected chi connectivity index (χ3v) is 6.12. The minimum Gasteiger partial charge on any atom is -0.385 e. The molecule has 5 heteroatoms. The van der Waals surface area contributed by atoms with Crippen LogP contribution in [0.5, 0.6) is 0 Å². The molecule has 0 spiro atoms. The van der Waals surface area contributed by atoms with Gasteiger partial charge in [0.15, 0.2) is 11.0 Å². The van der Waals surface area contributed by atoms with Crippen molar-refractivity contribution < 1.29 is 4.74 Å². The van der Waals surface area contributed by atoms with E-state index in [-0.39, 0.29) is 5.41 Å². The number of ether oxygens (including phenoxy) is 1. The average molecular weight is 374 g/mol. The van der Waals surface area contributed by atoms with E-state index in [2.05, 4.69) is 59.8 Å². The highest BCUT2D eigenvalue weighted by atomic mass is 32.2. The lowest BCUT2D eigenvalue weighted by molar-refractivity contribution is 0.200. The Bertz CT molecular complexity index is 697. The van der Waals surface area contributed by atoms with Crippen molar-refractivity contribution in [1.29, 1.82) is 0 Å². The molecule has 1 saturated carbocycles. The number of aromatic nitrogens is 3. The molecule has 0 aliphatic heterocycles. The first-order valence-electron chi connectivity index (χ1n) is 9.68. The topological polar surface area (TPSA) is 39.9 Å². The van der Waals surface area contributed by atoms with Crippen LogP contribution in [0.25, 0.3) is 11.4 Å². The number of hydrogen-bond donors (Lipinski definition) is 0. The molecule has 0 bridgehead atoms. The highest BCUT2D eigenvalue weighted by molar-refractivity contribution is 7.99. The number of benzene rings is 1. The molecule has 0 saturated heterocycles. The molecule has 3 rings (SSSR count). The maximum Gasteiger partial charge on any atom is 0.191 e. The Morgan fingerprint density at radius 2 is 1.81 bits per heavy atom. The molecule has 1 aromatic heterocycles. The molecule has 1 fully saturated rings. The summed E-state index contributed by atoms with van der Waals surface area (Å²) in [5, 5.41) is 10.2. The van der Waals surface area contributed by atoms with Gasteiger partial charge in [-0.25, -0.2) is 0 Å². The van der Waals surface area contributed by atoms with Gasteiger partial charge in [-0.1, -0.05) is 69.6 Å². The van der Waals surface area contributed by atoms with Crippen LogP contribution in [-0.2, 0) is 10.2 Å². The van der Waals surface area contributed by atoms with Crippen molar-refractivity contribution >= 4 is 11.8 Å². The number of rotatable bonds is 7. The van der Waals surface area contributed by atoms with Gasteiger partial charge in [-0.3, -0.25) is 4.57 Å². The van der Waals surface area contributed by atoms with Crippen molar-refractivity contribution in [3.8, 4) is 11.4 Å². The quantitative estimate of drug-likeness (QED) is 0.475. The predicted octanol–water partition coefficient (Wildman–Crippen LogP) is 5.49. The van der Waals surface area contributed by atoms with Crippen LogP contribution < -0.4 is 0 Å². The summed E-state index contributed by atoms with van der Waals surface area (Å²) in [5.74, 6) is 2.04. The Morgan fingerprint density at radius 3 is 2.42 bits per heavy atom. The van der Waals surface area contributed by atoms with E-state index in [1.165, 1.54) is 36.8 Å². The Hall–Kier alpha value is -1.33. The van der Waals surface area contributed by atoms with Crippen LogP contribution in [0.2, 0.25) is 0 Å². The zero-order chi connectivity index (χ0) is 18.6. The first-order valence-corrected chi connectivity index (χ1v) is 10.7. The van der Waals surface area contributed by atoms with Crippen molar-refractivity contribution in [2.45, 2.75) is 69.5 Å². The summed E-state index contributed by atoms with van der Waals surface area (Å²) in [6.07, 6.45) is 6.11. The first kappa shape index (κ1) is 19.4. The lowest BCUT2D eigenvalue weighted by Gasteiger charge is -2.20. The van der Waals surface area contributed by atoms with E-state index < -0.39 is 0 Å². The summed E-state index contributed by atoms with van der Waals surface area (Å²) in [7, 11) is 1.76. The van der Waals surface area contributed by atoms with Gasteiger partial charge in [-0.15, -0.1) is 10.2 Å². The summed E-state index contributed by atoms with van der Waals surface area (Å²) in [4.78, 5) is 0. The third-order valence-electron chi connectivity index (χ3n) is 5.09. The molecule has 1 aliphatic carbocycles. The molecule has 0 N–H and O–H groups in total. The van der Waals surface area contributed by atoms with Crippen LogP contribution in [0.3, 0.4) is 0 Å². The zero-order valence-electron chi connectivity index (χ0n) is 16.5.